The molecular weight excluding hydrogens is 985 g/mol. The van der Waals surface area contributed by atoms with Gasteiger partial charge in [-0.2, -0.15) is 0 Å². The van der Waals surface area contributed by atoms with E-state index >= 15 is 0 Å². The van der Waals surface area contributed by atoms with Crippen molar-refractivity contribution in [3.8, 4) is 0 Å². The third kappa shape index (κ3) is 28.0. The molecule has 0 aromatic rings. The van der Waals surface area contributed by atoms with E-state index in [1.54, 1.807) is 13.8 Å². The van der Waals surface area contributed by atoms with Crippen LogP contribution in [0.4, 0.5) is 0 Å². The zero-order valence-corrected chi connectivity index (χ0v) is 50.1. The summed E-state index contributed by atoms with van der Waals surface area (Å²) < 4.78 is 53.1. The first-order valence-corrected chi connectivity index (χ1v) is 27.5. The highest BCUT2D eigenvalue weighted by molar-refractivity contribution is 5.69. The lowest BCUT2D eigenvalue weighted by atomic mass is 9.57. The Balaban J connectivity index is 8.08. The second-order valence-corrected chi connectivity index (χ2v) is 23.1. The van der Waals surface area contributed by atoms with Crippen LogP contribution in [-0.4, -0.2) is 108 Å². The van der Waals surface area contributed by atoms with Crippen LogP contribution in [0, 0.1) is 29.1 Å². The zero-order chi connectivity index (χ0) is 58.8. The summed E-state index contributed by atoms with van der Waals surface area (Å²) in [6.07, 6.45) is 4.39. The molecule has 440 valence electrons. The Hall–Kier alpha value is -4.77. The first-order valence-electron chi connectivity index (χ1n) is 27.5. The van der Waals surface area contributed by atoms with E-state index in [1.807, 2.05) is 55.4 Å². The van der Waals surface area contributed by atoms with E-state index in [0.717, 1.165) is 0 Å². The molecule has 76 heavy (non-hydrogen) atoms. The molecule has 0 aliphatic heterocycles. The number of hydrogen-bond donors (Lipinski definition) is 0. The zero-order valence-electron chi connectivity index (χ0n) is 50.1. The lowest BCUT2D eigenvalue weighted by Crippen LogP contribution is -2.60. The Morgan fingerprint density at radius 3 is 1.22 bits per heavy atom. The highest BCUT2D eigenvalue weighted by Crippen LogP contribution is 2.53. The summed E-state index contributed by atoms with van der Waals surface area (Å²) in [4.78, 5) is 113. The SMILES string of the molecule is CC(=O)OCC(CCCC(CCCC(C)(CCCC(C)(C)OC(C)=O)OC(C)=O)(C(C)OC(C)=O)C(C)(OC(C)=O)C(CCCC(C)(CCC(OC(C)=O)C(C)C)OC(C)=O)COC(C)=O)CCC(OC(C)=O)C(C)C. The van der Waals surface area contributed by atoms with Crippen LogP contribution < -0.4 is 0 Å². The predicted molar refractivity (Wildman–Crippen MR) is 285 cm³/mol. The topological polar surface area (TPSA) is 237 Å². The van der Waals surface area contributed by atoms with Crippen molar-refractivity contribution in [3.05, 3.63) is 0 Å². The minimum absolute atomic E-state index is 0.0109. The summed E-state index contributed by atoms with van der Waals surface area (Å²) in [5, 5.41) is 0. The molecule has 0 aliphatic carbocycles. The number of ether oxygens (including phenoxy) is 9. The van der Waals surface area contributed by atoms with Gasteiger partial charge in [0.15, 0.2) is 0 Å². The summed E-state index contributed by atoms with van der Waals surface area (Å²) in [7, 11) is 0. The van der Waals surface area contributed by atoms with Gasteiger partial charge in [-0.15, -0.1) is 0 Å². The van der Waals surface area contributed by atoms with Crippen LogP contribution in [0.3, 0.4) is 0 Å². The Labute approximate surface area is 455 Å². The molecule has 0 saturated heterocycles. The van der Waals surface area contributed by atoms with E-state index in [-0.39, 0.29) is 56.3 Å². The van der Waals surface area contributed by atoms with Crippen molar-refractivity contribution in [2.45, 2.75) is 275 Å². The maximum absolute atomic E-state index is 13.8. The van der Waals surface area contributed by atoms with E-state index in [4.69, 9.17) is 42.6 Å². The monoisotopic (exact) mass is 1080 g/mol. The van der Waals surface area contributed by atoms with Gasteiger partial charge in [-0.3, -0.25) is 43.2 Å². The first kappa shape index (κ1) is 71.2. The maximum atomic E-state index is 13.8. The fourth-order valence-electron chi connectivity index (χ4n) is 11.0. The highest BCUT2D eigenvalue weighted by atomic mass is 16.6. The van der Waals surface area contributed by atoms with Gasteiger partial charge in [-0.25, -0.2) is 0 Å². The molecule has 9 unspecified atom stereocenters. The molecule has 0 rings (SSSR count). The predicted octanol–water partition coefficient (Wildman–Crippen LogP) is 11.0. The Bertz CT molecular complexity index is 1880. The van der Waals surface area contributed by atoms with E-state index in [2.05, 4.69) is 0 Å². The van der Waals surface area contributed by atoms with Crippen LogP contribution in [0.25, 0.3) is 0 Å². The minimum atomic E-state index is -1.58. The van der Waals surface area contributed by atoms with Crippen LogP contribution in [0.2, 0.25) is 0 Å². The molecule has 18 heteroatoms. The number of esters is 9. The molecule has 0 N–H and O–H groups in total. The van der Waals surface area contributed by atoms with Gasteiger partial charge in [0.1, 0.15) is 40.7 Å². The maximum Gasteiger partial charge on any atom is 0.303 e. The molecule has 18 nitrogen and oxygen atoms in total. The van der Waals surface area contributed by atoms with Crippen LogP contribution in [0.1, 0.15) is 234 Å². The number of rotatable bonds is 38. The lowest BCUT2D eigenvalue weighted by Gasteiger charge is -2.54. The summed E-state index contributed by atoms with van der Waals surface area (Å²) in [5.41, 5.74) is -5.66. The number of carbonyl (C=O) groups excluding carboxylic acids is 9. The van der Waals surface area contributed by atoms with Crippen LogP contribution in [0.5, 0.6) is 0 Å². The molecule has 0 aliphatic rings. The molecule has 0 bridgehead atoms. The van der Waals surface area contributed by atoms with Gasteiger partial charge < -0.3 is 42.6 Å². The molecule has 0 fully saturated rings. The summed E-state index contributed by atoms with van der Waals surface area (Å²) in [6.45, 7) is 30.4. The van der Waals surface area contributed by atoms with Gasteiger partial charge in [0, 0.05) is 73.6 Å². The van der Waals surface area contributed by atoms with E-state index < -0.39 is 99.7 Å². The standard InChI is InChI=1S/C58H100O18/c1-38(2)52(71-44(9)62)27-26-50(36-68-41(6)59)24-20-33-58(40(5)70-43(8)61,34-23-32-55(17,74-47(12)65)31-22-29-54(15,16)73-46(11)64)57(19,76-49(14)67)51(37-69-42(7)60)25-21-30-56(18,75-48(13)66)35-28-53(39(3)4)72-45(10)63/h38-40,50-53H,20-37H2,1-19H3. The smallest absolute Gasteiger partial charge is 0.303 e. The first-order chi connectivity index (χ1) is 34.9. The van der Waals surface area contributed by atoms with Gasteiger partial charge in [-0.05, 0) is 156 Å². The van der Waals surface area contributed by atoms with Crippen LogP contribution in [0.15, 0.2) is 0 Å². The summed E-state index contributed by atoms with van der Waals surface area (Å²) >= 11 is 0. The van der Waals surface area contributed by atoms with Gasteiger partial charge in [0.05, 0.1) is 13.2 Å². The van der Waals surface area contributed by atoms with E-state index in [1.165, 1.54) is 62.3 Å². The molecule has 0 radical (unpaired) electrons. The van der Waals surface area contributed by atoms with Crippen molar-refractivity contribution in [3.63, 3.8) is 0 Å². The summed E-state index contributed by atoms with van der Waals surface area (Å²) in [6, 6.07) is 0. The lowest BCUT2D eigenvalue weighted by molar-refractivity contribution is -0.219. The molecule has 9 atom stereocenters. The largest absolute Gasteiger partial charge is 0.466 e. The molecule has 0 spiro atoms. The quantitative estimate of drug-likeness (QED) is 0.0413. The van der Waals surface area contributed by atoms with Gasteiger partial charge in [0.2, 0.25) is 0 Å². The Kier molecular flexibility index (Phi) is 31.4. The molecule has 0 aromatic carbocycles. The average molecular weight is 1090 g/mol. The van der Waals surface area contributed by atoms with Crippen molar-refractivity contribution in [2.75, 3.05) is 13.2 Å². The third-order valence-electron chi connectivity index (χ3n) is 14.7. The van der Waals surface area contributed by atoms with E-state index in [0.29, 0.717) is 83.5 Å². The Morgan fingerprint density at radius 1 is 0.368 bits per heavy atom. The van der Waals surface area contributed by atoms with Crippen LogP contribution in [-0.2, 0) is 85.8 Å². The van der Waals surface area contributed by atoms with Gasteiger partial charge >= 0.3 is 53.7 Å². The van der Waals surface area contributed by atoms with Gasteiger partial charge in [-0.1, -0.05) is 34.1 Å². The number of carbonyl (C=O) groups is 9. The fourth-order valence-corrected chi connectivity index (χ4v) is 11.0. The fraction of sp³-hybridized carbons (Fsp3) is 0.845. The van der Waals surface area contributed by atoms with E-state index in [9.17, 15) is 43.2 Å². The molecule has 0 saturated carbocycles. The molecule has 0 heterocycles. The van der Waals surface area contributed by atoms with Crippen molar-refractivity contribution in [1.29, 1.82) is 0 Å². The second-order valence-electron chi connectivity index (χ2n) is 23.1. The van der Waals surface area contributed by atoms with Gasteiger partial charge in [0.25, 0.3) is 0 Å². The van der Waals surface area contributed by atoms with Crippen molar-refractivity contribution in [2.24, 2.45) is 29.1 Å². The normalized spacial score (nSPS) is 16.9. The van der Waals surface area contributed by atoms with Crippen molar-refractivity contribution in [1.82, 2.24) is 0 Å². The third-order valence-corrected chi connectivity index (χ3v) is 14.7. The molecule has 0 aromatic heterocycles. The van der Waals surface area contributed by atoms with Crippen molar-refractivity contribution >= 4 is 53.7 Å². The highest BCUT2D eigenvalue weighted by Gasteiger charge is 2.59. The minimum Gasteiger partial charge on any atom is -0.466 e. The Morgan fingerprint density at radius 2 is 0.776 bits per heavy atom. The summed E-state index contributed by atoms with van der Waals surface area (Å²) in [5.74, 6) is -5.51. The molecule has 0 amide bonds. The van der Waals surface area contributed by atoms with Crippen molar-refractivity contribution < 1.29 is 85.8 Å². The number of hydrogen-bond acceptors (Lipinski definition) is 18. The second kappa shape index (κ2) is 33.5. The van der Waals surface area contributed by atoms with Crippen LogP contribution >= 0.6 is 0 Å². The molecular formula is C58H100O18. The average Bonchev–Trinajstić information content (AvgIpc) is 3.23.